The molecule has 0 bridgehead atoms. The lowest BCUT2D eigenvalue weighted by Gasteiger charge is -1.98. The number of ketones is 1. The fourth-order valence-corrected chi connectivity index (χ4v) is 3.86. The molecule has 1 heterocycles. The van der Waals surface area contributed by atoms with Crippen molar-refractivity contribution < 1.29 is 4.79 Å². The van der Waals surface area contributed by atoms with Crippen LogP contribution in [0.25, 0.3) is 0 Å². The third-order valence-electron chi connectivity index (χ3n) is 3.73. The Morgan fingerprint density at radius 2 is 1.84 bits per heavy atom. The number of fused-ring (bicyclic) bond motifs is 1. The lowest BCUT2D eigenvalue weighted by atomic mass is 10.1. The number of carbonyl (C=O) groups is 1. The fourth-order valence-electron chi connectivity index (χ4n) is 2.67. The lowest BCUT2D eigenvalue weighted by Crippen LogP contribution is -2.00. The van der Waals surface area contributed by atoms with Gasteiger partial charge in [0.25, 0.3) is 0 Å². The molecule has 0 amide bonds. The third-order valence-corrected chi connectivity index (χ3v) is 5.01. The largest absolute Gasteiger partial charge is 0.293 e. The third kappa shape index (κ3) is 2.95. The Hall–Kier alpha value is -1.41. The zero-order chi connectivity index (χ0) is 13.1. The molecule has 0 atom stereocenters. The van der Waals surface area contributed by atoms with Crippen molar-refractivity contribution in [2.75, 3.05) is 0 Å². The van der Waals surface area contributed by atoms with Crippen LogP contribution in [0.1, 0.15) is 44.9 Å². The summed E-state index contributed by atoms with van der Waals surface area (Å²) >= 11 is 1.73. The number of rotatable bonds is 3. The standard InChI is InChI=1S/C17H18OS/c18-15(11-13-7-3-1-4-8-13)17-12-14-9-5-2-6-10-16(14)19-17/h1,3-4,7-8,12H,2,5-6,9-11H2. The first-order valence-electron chi connectivity index (χ1n) is 7.01. The summed E-state index contributed by atoms with van der Waals surface area (Å²) in [6.45, 7) is 0. The zero-order valence-electron chi connectivity index (χ0n) is 11.0. The number of carbonyl (C=O) groups excluding carboxylic acids is 1. The molecule has 1 nitrogen and oxygen atoms in total. The molecule has 1 aromatic carbocycles. The summed E-state index contributed by atoms with van der Waals surface area (Å²) in [5.74, 6) is 0.268. The summed E-state index contributed by atoms with van der Waals surface area (Å²) in [4.78, 5) is 14.7. The van der Waals surface area contributed by atoms with Gasteiger partial charge in [-0.2, -0.15) is 0 Å². The van der Waals surface area contributed by atoms with Gasteiger partial charge in [0.2, 0.25) is 0 Å². The summed E-state index contributed by atoms with van der Waals surface area (Å²) < 4.78 is 0. The van der Waals surface area contributed by atoms with Crippen molar-refractivity contribution in [2.45, 2.75) is 38.5 Å². The first-order chi connectivity index (χ1) is 9.33. The molecule has 1 aliphatic carbocycles. The molecule has 0 aliphatic heterocycles. The van der Waals surface area contributed by atoms with Crippen LogP contribution in [0, 0.1) is 0 Å². The first-order valence-corrected chi connectivity index (χ1v) is 7.83. The van der Waals surface area contributed by atoms with Crippen molar-refractivity contribution in [2.24, 2.45) is 0 Å². The molecule has 19 heavy (non-hydrogen) atoms. The number of aryl methyl sites for hydroxylation is 2. The smallest absolute Gasteiger partial charge is 0.177 e. The summed E-state index contributed by atoms with van der Waals surface area (Å²) in [5, 5.41) is 0. The van der Waals surface area contributed by atoms with Crippen LogP contribution in [0.5, 0.6) is 0 Å². The molecule has 0 spiro atoms. The maximum Gasteiger partial charge on any atom is 0.177 e. The van der Waals surface area contributed by atoms with Crippen LogP contribution in [0.3, 0.4) is 0 Å². The molecule has 0 fully saturated rings. The van der Waals surface area contributed by atoms with Crippen LogP contribution in [0.2, 0.25) is 0 Å². The van der Waals surface area contributed by atoms with Crippen LogP contribution >= 0.6 is 11.3 Å². The average molecular weight is 270 g/mol. The van der Waals surface area contributed by atoms with Gasteiger partial charge in [0.05, 0.1) is 4.88 Å². The van der Waals surface area contributed by atoms with E-state index in [0.29, 0.717) is 6.42 Å². The Morgan fingerprint density at radius 3 is 2.68 bits per heavy atom. The molecule has 0 saturated heterocycles. The normalized spacial score (nSPS) is 14.7. The molecule has 2 aromatic rings. The Morgan fingerprint density at radius 1 is 1.05 bits per heavy atom. The average Bonchev–Trinajstić information content (AvgIpc) is 2.72. The molecule has 0 unspecified atom stereocenters. The SMILES string of the molecule is O=C(Cc1ccccc1)c1cc2c(s1)CCCCC2. The highest BCUT2D eigenvalue weighted by Gasteiger charge is 2.16. The van der Waals surface area contributed by atoms with Gasteiger partial charge in [-0.1, -0.05) is 36.8 Å². The van der Waals surface area contributed by atoms with Crippen LogP contribution in [0.15, 0.2) is 36.4 Å². The Labute approximate surface area is 118 Å². The Bertz CT molecular complexity index is 545. The van der Waals surface area contributed by atoms with Gasteiger partial charge in [0.1, 0.15) is 0 Å². The molecular formula is C17H18OS. The maximum absolute atomic E-state index is 12.3. The van der Waals surface area contributed by atoms with Crippen molar-refractivity contribution in [3.63, 3.8) is 0 Å². The molecule has 3 rings (SSSR count). The molecule has 0 saturated carbocycles. The van der Waals surface area contributed by atoms with Gasteiger partial charge in [-0.3, -0.25) is 4.79 Å². The number of hydrogen-bond acceptors (Lipinski definition) is 2. The summed E-state index contributed by atoms with van der Waals surface area (Å²) in [7, 11) is 0. The quantitative estimate of drug-likeness (QED) is 0.595. The second kappa shape index (κ2) is 5.70. The second-order valence-corrected chi connectivity index (χ2v) is 6.34. The number of benzene rings is 1. The molecule has 1 aromatic heterocycles. The molecule has 0 radical (unpaired) electrons. The van der Waals surface area contributed by atoms with E-state index in [1.54, 1.807) is 11.3 Å². The number of hydrogen-bond donors (Lipinski definition) is 0. The summed E-state index contributed by atoms with van der Waals surface area (Å²) in [5.41, 5.74) is 2.54. The van der Waals surface area contributed by atoms with Gasteiger partial charge >= 0.3 is 0 Å². The van der Waals surface area contributed by atoms with E-state index in [1.165, 1.54) is 36.1 Å². The van der Waals surface area contributed by atoms with Crippen LogP contribution < -0.4 is 0 Å². The van der Waals surface area contributed by atoms with Gasteiger partial charge < -0.3 is 0 Å². The maximum atomic E-state index is 12.3. The van der Waals surface area contributed by atoms with E-state index >= 15 is 0 Å². The fraction of sp³-hybridized carbons (Fsp3) is 0.353. The molecule has 0 N–H and O–H groups in total. The van der Waals surface area contributed by atoms with Gasteiger partial charge in [-0.05, 0) is 42.9 Å². The van der Waals surface area contributed by atoms with Crippen molar-refractivity contribution in [1.82, 2.24) is 0 Å². The van der Waals surface area contributed by atoms with E-state index in [2.05, 4.69) is 6.07 Å². The molecule has 98 valence electrons. The predicted molar refractivity (Wildman–Crippen MR) is 80.1 cm³/mol. The van der Waals surface area contributed by atoms with Crippen LogP contribution in [-0.2, 0) is 19.3 Å². The predicted octanol–water partition coefficient (Wildman–Crippen LogP) is 4.44. The minimum absolute atomic E-state index is 0.268. The number of thiophene rings is 1. The topological polar surface area (TPSA) is 17.1 Å². The van der Waals surface area contributed by atoms with E-state index < -0.39 is 0 Å². The number of Topliss-reactive ketones (excluding diaryl/α,β-unsaturated/α-hetero) is 1. The first kappa shape index (κ1) is 12.6. The minimum Gasteiger partial charge on any atom is -0.293 e. The monoisotopic (exact) mass is 270 g/mol. The van der Waals surface area contributed by atoms with Gasteiger partial charge in [0.15, 0.2) is 5.78 Å². The Balaban J connectivity index is 1.77. The molecule has 1 aliphatic rings. The minimum atomic E-state index is 0.268. The highest BCUT2D eigenvalue weighted by Crippen LogP contribution is 2.29. The van der Waals surface area contributed by atoms with Gasteiger partial charge in [0, 0.05) is 11.3 Å². The lowest BCUT2D eigenvalue weighted by molar-refractivity contribution is 0.0997. The Kier molecular flexibility index (Phi) is 3.79. The van der Waals surface area contributed by atoms with E-state index in [1.807, 2.05) is 30.3 Å². The van der Waals surface area contributed by atoms with E-state index in [4.69, 9.17) is 0 Å². The van der Waals surface area contributed by atoms with Gasteiger partial charge in [-0.15, -0.1) is 11.3 Å². The molecule has 2 heteroatoms. The summed E-state index contributed by atoms with van der Waals surface area (Å²) in [6.07, 6.45) is 6.73. The van der Waals surface area contributed by atoms with Gasteiger partial charge in [-0.25, -0.2) is 0 Å². The molecular weight excluding hydrogens is 252 g/mol. The van der Waals surface area contributed by atoms with Crippen molar-refractivity contribution in [3.8, 4) is 0 Å². The summed E-state index contributed by atoms with van der Waals surface area (Å²) in [6, 6.07) is 12.2. The highest BCUT2D eigenvalue weighted by molar-refractivity contribution is 7.14. The second-order valence-electron chi connectivity index (χ2n) is 5.21. The van der Waals surface area contributed by atoms with Crippen molar-refractivity contribution >= 4 is 17.1 Å². The van der Waals surface area contributed by atoms with E-state index in [0.717, 1.165) is 16.9 Å². The van der Waals surface area contributed by atoms with E-state index in [9.17, 15) is 4.79 Å². The highest BCUT2D eigenvalue weighted by atomic mass is 32.1. The van der Waals surface area contributed by atoms with Crippen molar-refractivity contribution in [1.29, 1.82) is 0 Å². The van der Waals surface area contributed by atoms with Crippen molar-refractivity contribution in [3.05, 3.63) is 57.3 Å². The van der Waals surface area contributed by atoms with Crippen LogP contribution in [-0.4, -0.2) is 5.78 Å². The van der Waals surface area contributed by atoms with Crippen LogP contribution in [0.4, 0.5) is 0 Å². The van der Waals surface area contributed by atoms with E-state index in [-0.39, 0.29) is 5.78 Å². The zero-order valence-corrected chi connectivity index (χ0v) is 11.8.